The zero-order valence-electron chi connectivity index (χ0n) is 12.2. The lowest BCUT2D eigenvalue weighted by Gasteiger charge is -2.12. The molecule has 2 atom stereocenters. The van der Waals surface area contributed by atoms with Crippen molar-refractivity contribution >= 4 is 23.6 Å². The number of carboxylic acid groups (broad SMARTS) is 1. The molecule has 5 heteroatoms. The van der Waals surface area contributed by atoms with Gasteiger partial charge in [0.15, 0.2) is 0 Å². The molecule has 1 aliphatic carbocycles. The van der Waals surface area contributed by atoms with E-state index in [1.165, 1.54) is 11.1 Å². The summed E-state index contributed by atoms with van der Waals surface area (Å²) >= 11 is 1.59. The van der Waals surface area contributed by atoms with Crippen molar-refractivity contribution in [2.75, 3.05) is 5.75 Å². The van der Waals surface area contributed by atoms with Gasteiger partial charge in [0.25, 0.3) is 0 Å². The van der Waals surface area contributed by atoms with Gasteiger partial charge in [-0.05, 0) is 31.7 Å². The minimum atomic E-state index is -0.749. The number of rotatable bonds is 6. The van der Waals surface area contributed by atoms with E-state index in [0.717, 1.165) is 12.2 Å². The van der Waals surface area contributed by atoms with Gasteiger partial charge < -0.3 is 10.4 Å². The number of aliphatic carboxylic acids is 1. The van der Waals surface area contributed by atoms with Crippen LogP contribution >= 0.6 is 11.8 Å². The molecule has 0 unspecified atom stereocenters. The molecule has 2 rings (SSSR count). The van der Waals surface area contributed by atoms with Crippen molar-refractivity contribution in [3.63, 3.8) is 0 Å². The first-order chi connectivity index (χ1) is 10.0. The van der Waals surface area contributed by atoms with Gasteiger partial charge in [-0.15, -0.1) is 11.8 Å². The fourth-order valence-electron chi connectivity index (χ4n) is 2.67. The summed E-state index contributed by atoms with van der Waals surface area (Å²) in [7, 11) is 0. The van der Waals surface area contributed by atoms with Gasteiger partial charge in [0.05, 0.1) is 11.7 Å². The number of carboxylic acids is 1. The van der Waals surface area contributed by atoms with Gasteiger partial charge in [-0.25, -0.2) is 0 Å². The van der Waals surface area contributed by atoms with Crippen LogP contribution in [0.3, 0.4) is 0 Å². The summed E-state index contributed by atoms with van der Waals surface area (Å²) in [5.41, 5.74) is 2.45. The van der Waals surface area contributed by atoms with Crippen LogP contribution in [0.25, 0.3) is 0 Å². The maximum atomic E-state index is 11.9. The van der Waals surface area contributed by atoms with Crippen LogP contribution < -0.4 is 5.32 Å². The van der Waals surface area contributed by atoms with Gasteiger partial charge in [-0.2, -0.15) is 0 Å². The van der Waals surface area contributed by atoms with Crippen molar-refractivity contribution < 1.29 is 14.7 Å². The third-order valence-corrected chi connectivity index (χ3v) is 4.74. The molecule has 0 heterocycles. The van der Waals surface area contributed by atoms with Crippen LogP contribution in [0.1, 0.15) is 30.4 Å². The number of thioether (sulfide) groups is 1. The summed E-state index contributed by atoms with van der Waals surface area (Å²) in [6, 6.07) is 8.29. The van der Waals surface area contributed by atoms with Crippen molar-refractivity contribution in [1.82, 2.24) is 5.32 Å². The fourth-order valence-corrected chi connectivity index (χ4v) is 3.46. The molecule has 0 spiro atoms. The zero-order chi connectivity index (χ0) is 15.2. The predicted octanol–water partition coefficient (Wildman–Crippen LogP) is 2.60. The van der Waals surface area contributed by atoms with Crippen LogP contribution in [0.15, 0.2) is 24.3 Å². The molecule has 0 aromatic heterocycles. The Morgan fingerprint density at radius 2 is 2.19 bits per heavy atom. The van der Waals surface area contributed by atoms with Gasteiger partial charge in [-0.1, -0.05) is 29.8 Å². The highest BCUT2D eigenvalue weighted by molar-refractivity contribution is 7.99. The summed E-state index contributed by atoms with van der Waals surface area (Å²) in [6.45, 7) is 2.06. The molecule has 1 fully saturated rings. The van der Waals surface area contributed by atoms with Crippen LogP contribution in [0.5, 0.6) is 0 Å². The molecule has 1 aromatic carbocycles. The van der Waals surface area contributed by atoms with E-state index in [0.29, 0.717) is 18.6 Å². The van der Waals surface area contributed by atoms with E-state index < -0.39 is 5.97 Å². The highest BCUT2D eigenvalue weighted by Crippen LogP contribution is 2.25. The van der Waals surface area contributed by atoms with E-state index in [1.54, 1.807) is 11.8 Å². The number of carbonyl (C=O) groups excluding carboxylic acids is 1. The monoisotopic (exact) mass is 307 g/mol. The summed E-state index contributed by atoms with van der Waals surface area (Å²) in [6.07, 6.45) is 1.99. The normalized spacial score (nSPS) is 21.2. The maximum absolute atomic E-state index is 11.9. The van der Waals surface area contributed by atoms with Gasteiger partial charge in [0.1, 0.15) is 0 Å². The SMILES string of the molecule is Cc1cccc(CSCC(=O)N[C@H]2CC[C@@H](C(=O)O)C2)c1. The second-order valence-corrected chi connectivity index (χ2v) is 6.58. The van der Waals surface area contributed by atoms with Crippen molar-refractivity contribution in [2.24, 2.45) is 5.92 Å². The minimum Gasteiger partial charge on any atom is -0.481 e. The molecule has 4 nitrogen and oxygen atoms in total. The van der Waals surface area contributed by atoms with Crippen molar-refractivity contribution in [3.8, 4) is 0 Å². The average molecular weight is 307 g/mol. The molecule has 114 valence electrons. The average Bonchev–Trinajstić information content (AvgIpc) is 2.87. The van der Waals surface area contributed by atoms with Gasteiger partial charge >= 0.3 is 5.97 Å². The second-order valence-electron chi connectivity index (χ2n) is 5.59. The standard InChI is InChI=1S/C16H21NO3S/c1-11-3-2-4-12(7-11)9-21-10-15(18)17-14-6-5-13(8-14)16(19)20/h2-4,7,13-14H,5-6,8-10H2,1H3,(H,17,18)(H,19,20)/t13-,14+/m1/s1. The molecule has 0 saturated heterocycles. The lowest BCUT2D eigenvalue weighted by molar-refractivity contribution is -0.141. The number of hydrogen-bond acceptors (Lipinski definition) is 3. The quantitative estimate of drug-likeness (QED) is 0.848. The molecular weight excluding hydrogens is 286 g/mol. The molecular formula is C16H21NO3S. The molecule has 1 saturated carbocycles. The Kier molecular flexibility index (Phi) is 5.67. The van der Waals surface area contributed by atoms with Crippen LogP contribution in [0, 0.1) is 12.8 Å². The van der Waals surface area contributed by atoms with Crippen LogP contribution in [0.4, 0.5) is 0 Å². The molecule has 0 bridgehead atoms. The largest absolute Gasteiger partial charge is 0.481 e. The number of hydrogen-bond donors (Lipinski definition) is 2. The molecule has 21 heavy (non-hydrogen) atoms. The van der Waals surface area contributed by atoms with Crippen LogP contribution in [0.2, 0.25) is 0 Å². The third-order valence-electron chi connectivity index (χ3n) is 3.73. The highest BCUT2D eigenvalue weighted by atomic mass is 32.2. The number of benzene rings is 1. The van der Waals surface area contributed by atoms with Crippen LogP contribution in [-0.4, -0.2) is 28.8 Å². The molecule has 0 aliphatic heterocycles. The second kappa shape index (κ2) is 7.50. The molecule has 0 radical (unpaired) electrons. The summed E-state index contributed by atoms with van der Waals surface area (Å²) in [5.74, 6) is 0.194. The molecule has 2 N–H and O–H groups in total. The Labute approximate surface area is 129 Å². The van der Waals surface area contributed by atoms with Crippen molar-refractivity contribution in [2.45, 2.75) is 38.0 Å². The topological polar surface area (TPSA) is 66.4 Å². The molecule has 1 aliphatic rings. The predicted molar refractivity (Wildman–Crippen MR) is 84.2 cm³/mol. The molecule has 1 amide bonds. The van der Waals surface area contributed by atoms with Crippen molar-refractivity contribution in [3.05, 3.63) is 35.4 Å². The smallest absolute Gasteiger partial charge is 0.306 e. The zero-order valence-corrected chi connectivity index (χ0v) is 13.0. The van der Waals surface area contributed by atoms with Gasteiger partial charge in [0.2, 0.25) is 5.91 Å². The third kappa shape index (κ3) is 5.08. The lowest BCUT2D eigenvalue weighted by Crippen LogP contribution is -2.34. The summed E-state index contributed by atoms with van der Waals surface area (Å²) in [4.78, 5) is 22.7. The van der Waals surface area contributed by atoms with Gasteiger partial charge in [0, 0.05) is 11.8 Å². The van der Waals surface area contributed by atoms with E-state index in [9.17, 15) is 9.59 Å². The summed E-state index contributed by atoms with van der Waals surface area (Å²) < 4.78 is 0. The maximum Gasteiger partial charge on any atom is 0.306 e. The van der Waals surface area contributed by atoms with Crippen molar-refractivity contribution in [1.29, 1.82) is 0 Å². The Morgan fingerprint density at radius 3 is 2.86 bits per heavy atom. The molecule has 1 aromatic rings. The Bertz CT molecular complexity index is 518. The van der Waals surface area contributed by atoms with E-state index in [4.69, 9.17) is 5.11 Å². The highest BCUT2D eigenvalue weighted by Gasteiger charge is 2.30. The first-order valence-electron chi connectivity index (χ1n) is 7.20. The lowest BCUT2D eigenvalue weighted by atomic mass is 10.1. The van der Waals surface area contributed by atoms with E-state index >= 15 is 0 Å². The summed E-state index contributed by atoms with van der Waals surface area (Å²) in [5, 5.41) is 11.9. The Morgan fingerprint density at radius 1 is 1.38 bits per heavy atom. The van der Waals surface area contributed by atoms with E-state index in [1.807, 2.05) is 6.07 Å². The Balaban J connectivity index is 1.67. The Hall–Kier alpha value is -1.49. The first-order valence-corrected chi connectivity index (χ1v) is 8.35. The fraction of sp³-hybridized carbons (Fsp3) is 0.500. The van der Waals surface area contributed by atoms with Gasteiger partial charge in [-0.3, -0.25) is 9.59 Å². The first kappa shape index (κ1) is 15.9. The number of carbonyl (C=O) groups is 2. The minimum absolute atomic E-state index is 0.00342. The van der Waals surface area contributed by atoms with E-state index in [-0.39, 0.29) is 17.9 Å². The van der Waals surface area contributed by atoms with E-state index in [2.05, 4.69) is 30.4 Å². The number of nitrogens with one attached hydrogen (secondary N) is 1. The number of aryl methyl sites for hydroxylation is 1. The van der Waals surface area contributed by atoms with Crippen LogP contribution in [-0.2, 0) is 15.3 Å². The number of amides is 1.